The standard InChI is InChI=1S/C27H33N3O5/c1-17-13-18(15-30(17)2)14-28-26(33)24(11-12-25(31)32)29-27(34)35-16-23-21-9-5-3-7-19(21)20-8-4-6-10-22(20)23/h3-10,17-18,23-24H,11-16H2,1-2H3,(H,28,33)(H,29,34)(H,31,32). The number of nitrogens with one attached hydrogen (secondary N) is 2. The summed E-state index contributed by atoms with van der Waals surface area (Å²) in [6, 6.07) is 15.6. The largest absolute Gasteiger partial charge is 0.481 e. The van der Waals surface area contributed by atoms with E-state index < -0.39 is 18.1 Å². The van der Waals surface area contributed by atoms with E-state index in [0.29, 0.717) is 18.5 Å². The summed E-state index contributed by atoms with van der Waals surface area (Å²) in [5.74, 6) is -1.18. The van der Waals surface area contributed by atoms with Gasteiger partial charge in [-0.3, -0.25) is 9.59 Å². The molecule has 0 saturated carbocycles. The highest BCUT2D eigenvalue weighted by molar-refractivity contribution is 5.86. The monoisotopic (exact) mass is 479 g/mol. The number of likely N-dealkylation sites (tertiary alicyclic amines) is 1. The highest BCUT2D eigenvalue weighted by Gasteiger charge is 2.31. The second kappa shape index (κ2) is 10.9. The molecule has 0 spiro atoms. The third-order valence-electron chi connectivity index (χ3n) is 7.14. The molecule has 4 rings (SSSR count). The van der Waals surface area contributed by atoms with Crippen LogP contribution in [-0.2, 0) is 14.3 Å². The Kier molecular flexibility index (Phi) is 7.70. The lowest BCUT2D eigenvalue weighted by atomic mass is 9.98. The zero-order valence-corrected chi connectivity index (χ0v) is 20.2. The number of ether oxygens (including phenoxy) is 1. The number of hydrogen-bond acceptors (Lipinski definition) is 5. The van der Waals surface area contributed by atoms with Crippen molar-refractivity contribution in [3.8, 4) is 11.1 Å². The molecular formula is C27H33N3O5. The van der Waals surface area contributed by atoms with Gasteiger partial charge >= 0.3 is 12.1 Å². The van der Waals surface area contributed by atoms with Gasteiger partial charge in [0.1, 0.15) is 12.6 Å². The van der Waals surface area contributed by atoms with E-state index in [4.69, 9.17) is 9.84 Å². The van der Waals surface area contributed by atoms with Crippen LogP contribution in [0.25, 0.3) is 11.1 Å². The SMILES string of the molecule is CC1CC(CNC(=O)C(CCC(=O)O)NC(=O)OCC2c3ccccc3-c3ccccc32)CN1C. The van der Waals surface area contributed by atoms with Crippen LogP contribution in [-0.4, -0.2) is 66.8 Å². The van der Waals surface area contributed by atoms with Gasteiger partial charge in [-0.1, -0.05) is 48.5 Å². The first-order chi connectivity index (χ1) is 16.8. The number of aliphatic carboxylic acids is 1. The zero-order chi connectivity index (χ0) is 24.9. The molecule has 35 heavy (non-hydrogen) atoms. The Labute approximate surface area is 205 Å². The molecule has 2 aliphatic rings. The van der Waals surface area contributed by atoms with Crippen LogP contribution in [0, 0.1) is 5.92 Å². The molecule has 3 unspecified atom stereocenters. The molecule has 8 heteroatoms. The first-order valence-corrected chi connectivity index (χ1v) is 12.1. The lowest BCUT2D eigenvalue weighted by Crippen LogP contribution is -2.48. The summed E-state index contributed by atoms with van der Waals surface area (Å²) in [5.41, 5.74) is 4.44. The number of carbonyl (C=O) groups is 3. The summed E-state index contributed by atoms with van der Waals surface area (Å²) >= 11 is 0. The van der Waals surface area contributed by atoms with Crippen LogP contribution in [0.1, 0.15) is 43.2 Å². The number of carboxylic acid groups (broad SMARTS) is 1. The average molecular weight is 480 g/mol. The van der Waals surface area contributed by atoms with Crippen molar-refractivity contribution in [1.82, 2.24) is 15.5 Å². The molecule has 1 fully saturated rings. The van der Waals surface area contributed by atoms with E-state index in [1.165, 1.54) is 0 Å². The number of carbonyl (C=O) groups excluding carboxylic acids is 2. The maximum Gasteiger partial charge on any atom is 0.407 e. The van der Waals surface area contributed by atoms with Gasteiger partial charge in [0, 0.05) is 31.5 Å². The minimum atomic E-state index is -1.02. The molecule has 3 atom stereocenters. The zero-order valence-electron chi connectivity index (χ0n) is 20.2. The Balaban J connectivity index is 1.35. The second-order valence-corrected chi connectivity index (χ2v) is 9.59. The van der Waals surface area contributed by atoms with Gasteiger partial charge < -0.3 is 25.4 Å². The number of nitrogens with zero attached hydrogens (tertiary/aromatic N) is 1. The van der Waals surface area contributed by atoms with Crippen LogP contribution in [0.2, 0.25) is 0 Å². The molecule has 2 aromatic rings. The van der Waals surface area contributed by atoms with Crippen molar-refractivity contribution in [3.63, 3.8) is 0 Å². The van der Waals surface area contributed by atoms with Crippen LogP contribution in [0.3, 0.4) is 0 Å². The summed E-state index contributed by atoms with van der Waals surface area (Å²) in [7, 11) is 2.06. The number of amides is 2. The molecule has 1 aliphatic carbocycles. The van der Waals surface area contributed by atoms with Crippen LogP contribution < -0.4 is 10.6 Å². The minimum absolute atomic E-state index is 0.00760. The molecule has 2 amide bonds. The Bertz CT molecular complexity index is 1030. The number of carboxylic acids is 1. The lowest BCUT2D eigenvalue weighted by Gasteiger charge is -2.20. The molecule has 3 N–H and O–H groups in total. The minimum Gasteiger partial charge on any atom is -0.481 e. The maximum absolute atomic E-state index is 12.8. The van der Waals surface area contributed by atoms with E-state index in [1.807, 2.05) is 36.4 Å². The smallest absolute Gasteiger partial charge is 0.407 e. The number of rotatable bonds is 9. The Morgan fingerprint density at radius 1 is 1.09 bits per heavy atom. The van der Waals surface area contributed by atoms with E-state index in [9.17, 15) is 14.4 Å². The van der Waals surface area contributed by atoms with Gasteiger partial charge in [0.15, 0.2) is 0 Å². The number of alkyl carbamates (subject to hydrolysis) is 1. The quantitative estimate of drug-likeness (QED) is 0.510. The summed E-state index contributed by atoms with van der Waals surface area (Å²) in [6.07, 6.45) is 0.0137. The van der Waals surface area contributed by atoms with Gasteiger partial charge in [-0.2, -0.15) is 0 Å². The van der Waals surface area contributed by atoms with Crippen molar-refractivity contribution in [2.24, 2.45) is 5.92 Å². The number of benzene rings is 2. The predicted octanol–water partition coefficient (Wildman–Crippen LogP) is 3.21. The van der Waals surface area contributed by atoms with Crippen molar-refractivity contribution in [1.29, 1.82) is 0 Å². The molecule has 2 aromatic carbocycles. The molecule has 0 aromatic heterocycles. The number of hydrogen-bond donors (Lipinski definition) is 3. The van der Waals surface area contributed by atoms with E-state index >= 15 is 0 Å². The molecule has 1 heterocycles. The second-order valence-electron chi connectivity index (χ2n) is 9.59. The first kappa shape index (κ1) is 24.7. The van der Waals surface area contributed by atoms with Crippen molar-refractivity contribution in [2.45, 2.75) is 44.2 Å². The highest BCUT2D eigenvalue weighted by atomic mass is 16.5. The number of fused-ring (bicyclic) bond motifs is 3. The molecular weight excluding hydrogens is 446 g/mol. The summed E-state index contributed by atoms with van der Waals surface area (Å²) < 4.78 is 5.55. The van der Waals surface area contributed by atoms with Crippen LogP contribution in [0.4, 0.5) is 4.79 Å². The molecule has 1 saturated heterocycles. The fraction of sp³-hybridized carbons (Fsp3) is 0.444. The van der Waals surface area contributed by atoms with Crippen LogP contribution in [0.5, 0.6) is 0 Å². The van der Waals surface area contributed by atoms with Crippen molar-refractivity contribution in [2.75, 3.05) is 26.7 Å². The topological polar surface area (TPSA) is 108 Å². The summed E-state index contributed by atoms with van der Waals surface area (Å²) in [6.45, 7) is 3.65. The fourth-order valence-electron chi connectivity index (χ4n) is 5.16. The van der Waals surface area contributed by atoms with Crippen molar-refractivity contribution < 1.29 is 24.2 Å². The normalized spacial score (nSPS) is 20.1. The third-order valence-corrected chi connectivity index (χ3v) is 7.14. The molecule has 8 nitrogen and oxygen atoms in total. The van der Waals surface area contributed by atoms with Crippen LogP contribution in [0.15, 0.2) is 48.5 Å². The Morgan fingerprint density at radius 2 is 1.71 bits per heavy atom. The molecule has 186 valence electrons. The maximum atomic E-state index is 12.8. The summed E-state index contributed by atoms with van der Waals surface area (Å²) in [4.78, 5) is 38.8. The van der Waals surface area contributed by atoms with Crippen molar-refractivity contribution >= 4 is 18.0 Å². The Hall–Kier alpha value is -3.39. The molecule has 0 radical (unpaired) electrons. The van der Waals surface area contributed by atoms with Gasteiger partial charge in [-0.25, -0.2) is 4.79 Å². The highest BCUT2D eigenvalue weighted by Crippen LogP contribution is 2.44. The van der Waals surface area contributed by atoms with Gasteiger partial charge in [0.2, 0.25) is 5.91 Å². The van der Waals surface area contributed by atoms with E-state index in [-0.39, 0.29) is 31.3 Å². The molecule has 1 aliphatic heterocycles. The third kappa shape index (κ3) is 5.82. The Morgan fingerprint density at radius 3 is 2.29 bits per heavy atom. The fourth-order valence-corrected chi connectivity index (χ4v) is 5.16. The van der Waals surface area contributed by atoms with Gasteiger partial charge in [0.05, 0.1) is 0 Å². The van der Waals surface area contributed by atoms with Gasteiger partial charge in [-0.15, -0.1) is 0 Å². The van der Waals surface area contributed by atoms with E-state index in [1.54, 1.807) is 0 Å². The molecule has 0 bridgehead atoms. The summed E-state index contributed by atoms with van der Waals surface area (Å²) in [5, 5.41) is 14.6. The van der Waals surface area contributed by atoms with E-state index in [2.05, 4.69) is 41.6 Å². The van der Waals surface area contributed by atoms with Gasteiger partial charge in [-0.05, 0) is 55.0 Å². The van der Waals surface area contributed by atoms with Crippen LogP contribution >= 0.6 is 0 Å². The first-order valence-electron chi connectivity index (χ1n) is 12.1. The lowest BCUT2D eigenvalue weighted by molar-refractivity contribution is -0.137. The average Bonchev–Trinajstić information content (AvgIpc) is 3.34. The predicted molar refractivity (Wildman–Crippen MR) is 132 cm³/mol. The van der Waals surface area contributed by atoms with E-state index in [0.717, 1.165) is 35.2 Å². The van der Waals surface area contributed by atoms with Crippen molar-refractivity contribution in [3.05, 3.63) is 59.7 Å². The van der Waals surface area contributed by atoms with Gasteiger partial charge in [0.25, 0.3) is 0 Å².